The molecular formula is C30H26N2O12S. The van der Waals surface area contributed by atoms with E-state index in [0.29, 0.717) is 11.0 Å². The van der Waals surface area contributed by atoms with Crippen LogP contribution in [0, 0.1) is 0 Å². The molecule has 0 aliphatic rings. The number of hydrogen-bond donors (Lipinski definition) is 1. The Labute approximate surface area is 260 Å². The molecule has 0 fully saturated rings. The van der Waals surface area contributed by atoms with Gasteiger partial charge in [-0.3, -0.25) is 4.79 Å². The number of ketones is 1. The van der Waals surface area contributed by atoms with Crippen LogP contribution in [0.5, 0.6) is 34.5 Å². The number of Topliss-reactive ketones (excluding diaryl/α,β-unsaturated/α-hetero) is 1. The number of carboxylic acids is 1. The van der Waals surface area contributed by atoms with Gasteiger partial charge in [0.25, 0.3) is 5.78 Å². The van der Waals surface area contributed by atoms with Gasteiger partial charge in [-0.05, 0) is 47.5 Å². The first-order chi connectivity index (χ1) is 21.6. The van der Waals surface area contributed by atoms with E-state index in [0.717, 1.165) is 11.7 Å². The highest BCUT2D eigenvalue weighted by Gasteiger charge is 2.32. The number of rotatable bonds is 12. The molecule has 0 spiro atoms. The number of esters is 2. The normalized spacial score (nSPS) is 11.2. The molecule has 15 heteroatoms. The number of hydrogen-bond acceptors (Lipinski definition) is 14. The van der Waals surface area contributed by atoms with Crippen LogP contribution in [0.2, 0.25) is 0 Å². The number of nitrogens with zero attached hydrogens (tertiary/aromatic N) is 2. The van der Waals surface area contributed by atoms with Gasteiger partial charge in [0.15, 0.2) is 23.0 Å². The zero-order valence-corrected chi connectivity index (χ0v) is 25.6. The third-order valence-corrected chi connectivity index (χ3v) is 7.02. The van der Waals surface area contributed by atoms with Gasteiger partial charge in [-0.25, -0.2) is 14.4 Å². The molecule has 0 aliphatic carbocycles. The van der Waals surface area contributed by atoms with Crippen molar-refractivity contribution in [3.63, 3.8) is 0 Å². The molecule has 0 atom stereocenters. The van der Waals surface area contributed by atoms with Gasteiger partial charge < -0.3 is 38.3 Å². The van der Waals surface area contributed by atoms with Gasteiger partial charge in [-0.15, -0.1) is 0 Å². The second-order valence-electron chi connectivity index (χ2n) is 8.86. The number of carboxylic acid groups (broad SMARTS) is 1. The quantitative estimate of drug-likeness (QED) is 0.0593. The summed E-state index contributed by atoms with van der Waals surface area (Å²) in [4.78, 5) is 52.8. The first kappa shape index (κ1) is 32.2. The standard InChI is InChI=1S/C30H26N2O12S/c1-38-19-10-15(11-20(39-2)26(19)42-5)23(28(34)35)24(14-7-8-17-18(9-14)32-45-31-17)29(36)44-30(37)25(33)16-12-21(40-3)27(43-6)22(13-16)41-4/h7-13H,1-6H3,(H,34,35)/b24-23-. The van der Waals surface area contributed by atoms with Crippen molar-refractivity contribution in [2.75, 3.05) is 42.7 Å². The van der Waals surface area contributed by atoms with Crippen molar-refractivity contribution in [1.29, 1.82) is 0 Å². The van der Waals surface area contributed by atoms with E-state index in [9.17, 15) is 24.3 Å². The summed E-state index contributed by atoms with van der Waals surface area (Å²) in [5, 5.41) is 10.4. The second-order valence-corrected chi connectivity index (χ2v) is 9.39. The minimum atomic E-state index is -1.60. The van der Waals surface area contributed by atoms with Gasteiger partial charge >= 0.3 is 17.9 Å². The molecule has 0 radical (unpaired) electrons. The van der Waals surface area contributed by atoms with Crippen molar-refractivity contribution in [2.24, 2.45) is 0 Å². The summed E-state index contributed by atoms with van der Waals surface area (Å²) in [6.07, 6.45) is 0. The molecular weight excluding hydrogens is 612 g/mol. The van der Waals surface area contributed by atoms with Crippen molar-refractivity contribution in [2.45, 2.75) is 0 Å². The average molecular weight is 639 g/mol. The highest BCUT2D eigenvalue weighted by molar-refractivity contribution is 7.00. The predicted octanol–water partition coefficient (Wildman–Crippen LogP) is 3.69. The molecule has 4 aromatic rings. The molecule has 45 heavy (non-hydrogen) atoms. The third kappa shape index (κ3) is 6.33. The lowest BCUT2D eigenvalue weighted by molar-refractivity contribution is -0.152. The molecule has 3 aromatic carbocycles. The van der Waals surface area contributed by atoms with Gasteiger partial charge in [0, 0.05) is 5.56 Å². The van der Waals surface area contributed by atoms with Gasteiger partial charge in [0.1, 0.15) is 11.0 Å². The van der Waals surface area contributed by atoms with Gasteiger partial charge in [-0.1, -0.05) is 6.07 Å². The van der Waals surface area contributed by atoms with E-state index in [1.165, 1.54) is 85.1 Å². The minimum Gasteiger partial charge on any atom is -0.493 e. The Morgan fingerprint density at radius 2 is 1.07 bits per heavy atom. The molecule has 234 valence electrons. The molecule has 0 saturated carbocycles. The van der Waals surface area contributed by atoms with Crippen LogP contribution in [0.3, 0.4) is 0 Å². The molecule has 0 unspecified atom stereocenters. The zero-order chi connectivity index (χ0) is 32.8. The number of fused-ring (bicyclic) bond motifs is 1. The number of carbonyl (C=O) groups excluding carboxylic acids is 3. The Morgan fingerprint density at radius 1 is 0.578 bits per heavy atom. The van der Waals surface area contributed by atoms with Crippen molar-refractivity contribution in [3.05, 3.63) is 59.2 Å². The van der Waals surface area contributed by atoms with Crippen molar-refractivity contribution >= 4 is 57.6 Å². The lowest BCUT2D eigenvalue weighted by atomic mass is 9.93. The molecule has 14 nitrogen and oxygen atoms in total. The van der Waals surface area contributed by atoms with Crippen molar-refractivity contribution < 1.29 is 57.4 Å². The monoisotopic (exact) mass is 638 g/mol. The third-order valence-electron chi connectivity index (χ3n) is 6.46. The summed E-state index contributed by atoms with van der Waals surface area (Å²) in [5.74, 6) is -5.21. The number of ether oxygens (including phenoxy) is 7. The van der Waals surface area contributed by atoms with E-state index in [-0.39, 0.29) is 51.2 Å². The van der Waals surface area contributed by atoms with E-state index in [4.69, 9.17) is 33.2 Å². The maximum absolute atomic E-state index is 13.8. The number of aliphatic carboxylic acids is 1. The Kier molecular flexibility index (Phi) is 9.83. The lowest BCUT2D eigenvalue weighted by Gasteiger charge is -2.17. The van der Waals surface area contributed by atoms with E-state index in [2.05, 4.69) is 8.75 Å². The summed E-state index contributed by atoms with van der Waals surface area (Å²) < 4.78 is 45.0. The fourth-order valence-electron chi connectivity index (χ4n) is 4.41. The fourth-order valence-corrected chi connectivity index (χ4v) is 4.93. The van der Waals surface area contributed by atoms with Crippen molar-refractivity contribution in [1.82, 2.24) is 8.75 Å². The Balaban J connectivity index is 1.88. The highest BCUT2D eigenvalue weighted by atomic mass is 32.1. The van der Waals surface area contributed by atoms with Crippen LogP contribution in [-0.4, -0.2) is 80.2 Å². The maximum atomic E-state index is 13.8. The first-order valence-electron chi connectivity index (χ1n) is 12.7. The molecule has 0 amide bonds. The van der Waals surface area contributed by atoms with Crippen molar-refractivity contribution in [3.8, 4) is 34.5 Å². The van der Waals surface area contributed by atoms with Crippen LogP contribution in [0.15, 0.2) is 42.5 Å². The van der Waals surface area contributed by atoms with E-state index in [1.807, 2.05) is 0 Å². The van der Waals surface area contributed by atoms with Crippen LogP contribution in [0.25, 0.3) is 22.2 Å². The van der Waals surface area contributed by atoms with Crippen LogP contribution >= 0.6 is 11.7 Å². The average Bonchev–Trinajstić information content (AvgIpc) is 3.53. The van der Waals surface area contributed by atoms with E-state index >= 15 is 0 Å². The fraction of sp³-hybridized carbons (Fsp3) is 0.200. The number of aromatic nitrogens is 2. The molecule has 4 rings (SSSR count). The molecule has 1 heterocycles. The summed E-state index contributed by atoms with van der Waals surface area (Å²) in [6.45, 7) is 0. The Hall–Kier alpha value is -5.70. The van der Waals surface area contributed by atoms with Crippen LogP contribution in [0.4, 0.5) is 0 Å². The van der Waals surface area contributed by atoms with E-state index in [1.54, 1.807) is 0 Å². The topological polar surface area (TPSA) is 179 Å². The molecule has 0 aliphatic heterocycles. The summed E-state index contributed by atoms with van der Waals surface area (Å²) >= 11 is 0.904. The Morgan fingerprint density at radius 3 is 1.53 bits per heavy atom. The van der Waals surface area contributed by atoms with Crippen LogP contribution in [-0.2, 0) is 19.1 Å². The molecule has 0 saturated heterocycles. The van der Waals surface area contributed by atoms with Crippen LogP contribution < -0.4 is 28.4 Å². The summed E-state index contributed by atoms with van der Waals surface area (Å²) in [6, 6.07) is 9.35. The summed E-state index contributed by atoms with van der Waals surface area (Å²) in [5.41, 5.74) is -0.645. The lowest BCUT2D eigenvalue weighted by Crippen LogP contribution is -2.23. The minimum absolute atomic E-state index is 0.0133. The first-order valence-corrected chi connectivity index (χ1v) is 13.5. The number of benzene rings is 3. The van der Waals surface area contributed by atoms with Crippen LogP contribution in [0.1, 0.15) is 21.5 Å². The van der Waals surface area contributed by atoms with Gasteiger partial charge in [-0.2, -0.15) is 8.75 Å². The highest BCUT2D eigenvalue weighted by Crippen LogP contribution is 2.42. The van der Waals surface area contributed by atoms with Gasteiger partial charge in [0.2, 0.25) is 11.5 Å². The smallest absolute Gasteiger partial charge is 0.387 e. The molecule has 1 N–H and O–H groups in total. The maximum Gasteiger partial charge on any atom is 0.387 e. The summed E-state index contributed by atoms with van der Waals surface area (Å²) in [7, 11) is 8.01. The molecule has 1 aromatic heterocycles. The predicted molar refractivity (Wildman–Crippen MR) is 159 cm³/mol. The number of methoxy groups -OCH3 is 6. The number of carbonyl (C=O) groups is 4. The van der Waals surface area contributed by atoms with E-state index < -0.39 is 34.8 Å². The SMILES string of the molecule is COc1cc(C(=O)C(=O)OC(=O)/C(=C(\C(=O)O)c2cc(OC)c(OC)c(OC)c2)c2ccc3nsnc3c2)cc(OC)c1OC. The van der Waals surface area contributed by atoms with Gasteiger partial charge in [0.05, 0.1) is 65.5 Å². The molecule has 0 bridgehead atoms. The Bertz CT molecular complexity index is 1800. The second kappa shape index (κ2) is 13.7. The largest absolute Gasteiger partial charge is 0.493 e. The zero-order valence-electron chi connectivity index (χ0n) is 24.8.